The normalized spacial score (nSPS) is 16.9. The number of benzene rings is 1. The van der Waals surface area contributed by atoms with Crippen LogP contribution in [-0.2, 0) is 9.59 Å². The molecule has 126 valence electrons. The van der Waals surface area contributed by atoms with E-state index in [-0.39, 0.29) is 17.7 Å². The summed E-state index contributed by atoms with van der Waals surface area (Å²) in [6.45, 7) is 5.44. The second-order valence-electron chi connectivity index (χ2n) is 6.03. The summed E-state index contributed by atoms with van der Waals surface area (Å²) in [5, 5.41) is 2.64. The van der Waals surface area contributed by atoms with E-state index in [9.17, 15) is 9.59 Å². The molecule has 0 aliphatic carbocycles. The number of carbonyl (C=O) groups excluding carboxylic acids is 2. The molecule has 0 bridgehead atoms. The Bertz CT molecular complexity index is 510. The number of carbonyl (C=O) groups is 2. The van der Waals surface area contributed by atoms with Crippen LogP contribution in [0.5, 0.6) is 0 Å². The molecule has 5 nitrogen and oxygen atoms in total. The average molecular weight is 317 g/mol. The molecule has 1 unspecified atom stereocenters. The predicted molar refractivity (Wildman–Crippen MR) is 91.2 cm³/mol. The van der Waals surface area contributed by atoms with Crippen molar-refractivity contribution in [3.8, 4) is 0 Å². The standard InChI is InChI=1S/C18H27N3O2/c1-3-7-16(15-8-5-4-6-9-15)18(23)21-12-10-20(11-13-21)14-17(22)19-2/h4-6,8-9,16H,3,7,10-14H2,1-2H3,(H,19,22). The third kappa shape index (κ3) is 4.79. The Kier molecular flexibility index (Phi) is 6.59. The highest BCUT2D eigenvalue weighted by atomic mass is 16.2. The van der Waals surface area contributed by atoms with E-state index in [1.54, 1.807) is 7.05 Å². The lowest BCUT2D eigenvalue weighted by molar-refractivity contribution is -0.135. The fourth-order valence-electron chi connectivity index (χ4n) is 3.04. The van der Waals surface area contributed by atoms with Gasteiger partial charge in [-0.05, 0) is 12.0 Å². The maximum absolute atomic E-state index is 12.9. The Labute approximate surface area is 138 Å². The lowest BCUT2D eigenvalue weighted by atomic mass is 9.93. The van der Waals surface area contributed by atoms with Gasteiger partial charge in [0.25, 0.3) is 0 Å². The zero-order valence-corrected chi connectivity index (χ0v) is 14.1. The van der Waals surface area contributed by atoms with E-state index in [0.717, 1.165) is 31.5 Å². The van der Waals surface area contributed by atoms with E-state index >= 15 is 0 Å². The first-order valence-electron chi connectivity index (χ1n) is 8.42. The smallest absolute Gasteiger partial charge is 0.233 e. The average Bonchev–Trinajstić information content (AvgIpc) is 2.60. The number of nitrogens with zero attached hydrogens (tertiary/aromatic N) is 2. The van der Waals surface area contributed by atoms with Crippen LogP contribution < -0.4 is 5.32 Å². The maximum atomic E-state index is 12.9. The summed E-state index contributed by atoms with van der Waals surface area (Å²) in [6, 6.07) is 10.0. The molecule has 1 aromatic rings. The Balaban J connectivity index is 1.95. The highest BCUT2D eigenvalue weighted by Gasteiger charge is 2.28. The number of hydrogen-bond acceptors (Lipinski definition) is 3. The molecule has 1 atom stereocenters. The molecule has 5 heteroatoms. The van der Waals surface area contributed by atoms with E-state index in [2.05, 4.69) is 17.1 Å². The topological polar surface area (TPSA) is 52.7 Å². The molecule has 1 fully saturated rings. The molecule has 1 heterocycles. The zero-order valence-electron chi connectivity index (χ0n) is 14.1. The van der Waals surface area contributed by atoms with Crippen LogP contribution in [0, 0.1) is 0 Å². The molecule has 1 N–H and O–H groups in total. The van der Waals surface area contributed by atoms with Crippen molar-refractivity contribution in [2.75, 3.05) is 39.8 Å². The van der Waals surface area contributed by atoms with Crippen molar-refractivity contribution in [3.05, 3.63) is 35.9 Å². The van der Waals surface area contributed by atoms with Gasteiger partial charge in [0.2, 0.25) is 11.8 Å². The van der Waals surface area contributed by atoms with Gasteiger partial charge in [-0.25, -0.2) is 0 Å². The van der Waals surface area contributed by atoms with Gasteiger partial charge < -0.3 is 10.2 Å². The highest BCUT2D eigenvalue weighted by molar-refractivity contribution is 5.84. The van der Waals surface area contributed by atoms with Crippen LogP contribution in [0.3, 0.4) is 0 Å². The summed E-state index contributed by atoms with van der Waals surface area (Å²) in [6.07, 6.45) is 1.86. The highest BCUT2D eigenvalue weighted by Crippen LogP contribution is 2.24. The zero-order chi connectivity index (χ0) is 16.7. The van der Waals surface area contributed by atoms with Crippen molar-refractivity contribution in [1.29, 1.82) is 0 Å². The van der Waals surface area contributed by atoms with Gasteiger partial charge in [0.1, 0.15) is 0 Å². The molecule has 0 spiro atoms. The Morgan fingerprint density at radius 1 is 1.13 bits per heavy atom. The molecular weight excluding hydrogens is 290 g/mol. The number of hydrogen-bond donors (Lipinski definition) is 1. The molecular formula is C18H27N3O2. The molecule has 1 aliphatic rings. The van der Waals surface area contributed by atoms with Gasteiger partial charge in [-0.2, -0.15) is 0 Å². The van der Waals surface area contributed by atoms with Gasteiger partial charge in [0, 0.05) is 33.2 Å². The van der Waals surface area contributed by atoms with E-state index in [4.69, 9.17) is 0 Å². The summed E-state index contributed by atoms with van der Waals surface area (Å²) >= 11 is 0. The van der Waals surface area contributed by atoms with Gasteiger partial charge in [0.05, 0.1) is 12.5 Å². The molecule has 1 saturated heterocycles. The van der Waals surface area contributed by atoms with Crippen molar-refractivity contribution in [2.24, 2.45) is 0 Å². The number of piperazine rings is 1. The van der Waals surface area contributed by atoms with Gasteiger partial charge in [-0.3, -0.25) is 14.5 Å². The summed E-state index contributed by atoms with van der Waals surface area (Å²) in [7, 11) is 1.65. The number of rotatable bonds is 6. The van der Waals surface area contributed by atoms with E-state index in [0.29, 0.717) is 19.6 Å². The molecule has 2 rings (SSSR count). The molecule has 0 radical (unpaired) electrons. The van der Waals surface area contributed by atoms with Gasteiger partial charge >= 0.3 is 0 Å². The van der Waals surface area contributed by atoms with Crippen LogP contribution in [0.25, 0.3) is 0 Å². The van der Waals surface area contributed by atoms with Crippen molar-refractivity contribution in [1.82, 2.24) is 15.1 Å². The second-order valence-corrected chi connectivity index (χ2v) is 6.03. The second kappa shape index (κ2) is 8.67. The van der Waals surface area contributed by atoms with Crippen LogP contribution in [-0.4, -0.2) is 61.4 Å². The first-order chi connectivity index (χ1) is 11.2. The first kappa shape index (κ1) is 17.5. The third-order valence-corrected chi connectivity index (χ3v) is 4.41. The van der Waals surface area contributed by atoms with Crippen LogP contribution in [0.1, 0.15) is 31.2 Å². The van der Waals surface area contributed by atoms with E-state index in [1.165, 1.54) is 0 Å². The molecule has 1 aliphatic heterocycles. The SMILES string of the molecule is CCCC(C(=O)N1CCN(CC(=O)NC)CC1)c1ccccc1. The summed E-state index contributed by atoms with van der Waals surface area (Å²) in [4.78, 5) is 28.4. The fourth-order valence-corrected chi connectivity index (χ4v) is 3.04. The third-order valence-electron chi connectivity index (χ3n) is 4.41. The van der Waals surface area contributed by atoms with Crippen LogP contribution in [0.2, 0.25) is 0 Å². The van der Waals surface area contributed by atoms with Crippen LogP contribution >= 0.6 is 0 Å². The monoisotopic (exact) mass is 317 g/mol. The minimum atomic E-state index is -0.0494. The Morgan fingerprint density at radius 3 is 2.35 bits per heavy atom. The maximum Gasteiger partial charge on any atom is 0.233 e. The largest absolute Gasteiger partial charge is 0.358 e. The number of nitrogens with one attached hydrogen (secondary N) is 1. The quantitative estimate of drug-likeness (QED) is 0.864. The van der Waals surface area contributed by atoms with Crippen LogP contribution in [0.15, 0.2) is 30.3 Å². The van der Waals surface area contributed by atoms with E-state index in [1.807, 2.05) is 35.2 Å². The lowest BCUT2D eigenvalue weighted by Gasteiger charge is -2.36. The lowest BCUT2D eigenvalue weighted by Crippen LogP contribution is -2.51. The Morgan fingerprint density at radius 2 is 1.78 bits per heavy atom. The summed E-state index contributed by atoms with van der Waals surface area (Å²) in [5.41, 5.74) is 1.10. The van der Waals surface area contributed by atoms with Gasteiger partial charge in [-0.1, -0.05) is 43.7 Å². The summed E-state index contributed by atoms with van der Waals surface area (Å²) < 4.78 is 0. The minimum absolute atomic E-state index is 0.0259. The Hall–Kier alpha value is -1.88. The van der Waals surface area contributed by atoms with Gasteiger partial charge in [-0.15, -0.1) is 0 Å². The van der Waals surface area contributed by atoms with Gasteiger partial charge in [0.15, 0.2) is 0 Å². The number of amides is 2. The molecule has 0 aromatic heterocycles. The number of likely N-dealkylation sites (N-methyl/N-ethyl adjacent to an activating group) is 1. The molecule has 2 amide bonds. The molecule has 1 aromatic carbocycles. The van der Waals surface area contributed by atoms with Crippen molar-refractivity contribution >= 4 is 11.8 Å². The molecule has 23 heavy (non-hydrogen) atoms. The first-order valence-corrected chi connectivity index (χ1v) is 8.42. The van der Waals surface area contributed by atoms with E-state index < -0.39 is 0 Å². The van der Waals surface area contributed by atoms with Crippen molar-refractivity contribution in [2.45, 2.75) is 25.7 Å². The van der Waals surface area contributed by atoms with Crippen molar-refractivity contribution < 1.29 is 9.59 Å². The predicted octanol–water partition coefficient (Wildman–Crippen LogP) is 1.46. The van der Waals surface area contributed by atoms with Crippen LogP contribution in [0.4, 0.5) is 0 Å². The summed E-state index contributed by atoms with van der Waals surface area (Å²) in [5.74, 6) is 0.197. The molecule has 0 saturated carbocycles. The fraction of sp³-hybridized carbons (Fsp3) is 0.556. The minimum Gasteiger partial charge on any atom is -0.358 e. The van der Waals surface area contributed by atoms with Crippen molar-refractivity contribution in [3.63, 3.8) is 0 Å².